The van der Waals surface area contributed by atoms with Crippen LogP contribution in [0.15, 0.2) is 30.5 Å². The molecule has 24 heavy (non-hydrogen) atoms. The summed E-state index contributed by atoms with van der Waals surface area (Å²) in [6.45, 7) is -0.0396. The number of pyridine rings is 1. The van der Waals surface area contributed by atoms with Crippen molar-refractivity contribution in [1.82, 2.24) is 15.3 Å². The quantitative estimate of drug-likeness (QED) is 0.661. The Morgan fingerprint density at radius 3 is 2.96 bits per heavy atom. The Labute approximate surface area is 145 Å². The molecule has 2 aromatic heterocycles. The summed E-state index contributed by atoms with van der Waals surface area (Å²) in [6, 6.07) is 5.59. The third kappa shape index (κ3) is 3.30. The lowest BCUT2D eigenvalue weighted by atomic mass is 10.2. The van der Waals surface area contributed by atoms with E-state index in [1.165, 1.54) is 29.7 Å². The highest BCUT2D eigenvalue weighted by Crippen LogP contribution is 2.37. The van der Waals surface area contributed by atoms with Crippen LogP contribution in [0, 0.1) is 5.82 Å². The lowest BCUT2D eigenvalue weighted by Gasteiger charge is -2.05. The van der Waals surface area contributed by atoms with Crippen molar-refractivity contribution in [2.45, 2.75) is 0 Å². The number of rotatable bonds is 4. The van der Waals surface area contributed by atoms with E-state index < -0.39 is 11.8 Å². The molecular weight excluding hydrogens is 355 g/mol. The molecule has 0 radical (unpaired) electrons. The van der Waals surface area contributed by atoms with Crippen molar-refractivity contribution in [3.8, 4) is 10.6 Å². The van der Waals surface area contributed by atoms with E-state index in [9.17, 15) is 9.18 Å². The average molecular weight is 367 g/mol. The van der Waals surface area contributed by atoms with E-state index in [0.717, 1.165) is 0 Å². The minimum atomic E-state index is -0.497. The molecule has 6 nitrogen and oxygen atoms in total. The fourth-order valence-corrected chi connectivity index (χ4v) is 3.45. The molecule has 0 atom stereocenters. The second-order valence-corrected chi connectivity index (χ2v) is 6.13. The van der Waals surface area contributed by atoms with E-state index in [1.807, 2.05) is 0 Å². The van der Waals surface area contributed by atoms with Crippen LogP contribution in [0.2, 0.25) is 5.02 Å². The normalized spacial score (nSPS) is 10.8. The Bertz CT molecular complexity index is 882. The molecule has 0 saturated heterocycles. The predicted molar refractivity (Wildman–Crippen MR) is 91.9 cm³/mol. The molecule has 124 valence electrons. The number of hydrogen-bond donors (Lipinski definition) is 3. The van der Waals surface area contributed by atoms with E-state index in [0.29, 0.717) is 21.0 Å². The molecule has 3 rings (SSSR count). The van der Waals surface area contributed by atoms with Crippen LogP contribution in [0.5, 0.6) is 0 Å². The molecule has 2 amide bonds. The zero-order valence-electron chi connectivity index (χ0n) is 12.2. The number of nitrogens with zero attached hydrogens (tertiary/aromatic N) is 2. The van der Waals surface area contributed by atoms with Gasteiger partial charge in [-0.3, -0.25) is 5.32 Å². The fraction of sp³-hybridized carbons (Fsp3) is 0.133. The number of aromatic nitrogens is 2. The molecule has 0 fully saturated rings. The maximum absolute atomic E-state index is 14.1. The number of urea groups is 1. The van der Waals surface area contributed by atoms with Gasteiger partial charge in [-0.15, -0.1) is 11.3 Å². The van der Waals surface area contributed by atoms with Crippen molar-refractivity contribution in [3.05, 3.63) is 41.3 Å². The molecule has 0 aliphatic carbocycles. The summed E-state index contributed by atoms with van der Waals surface area (Å²) in [5.74, 6) is -0.163. The van der Waals surface area contributed by atoms with Crippen LogP contribution in [-0.4, -0.2) is 34.3 Å². The molecule has 3 N–H and O–H groups in total. The fourth-order valence-electron chi connectivity index (χ4n) is 2.07. The molecule has 0 saturated carbocycles. The van der Waals surface area contributed by atoms with E-state index >= 15 is 0 Å². The maximum Gasteiger partial charge on any atom is 0.320 e. The minimum Gasteiger partial charge on any atom is -0.395 e. The highest BCUT2D eigenvalue weighted by molar-refractivity contribution is 7.22. The summed E-state index contributed by atoms with van der Waals surface area (Å²) in [5.41, 5.74) is 0.790. The summed E-state index contributed by atoms with van der Waals surface area (Å²) < 4.78 is 14.7. The summed E-state index contributed by atoms with van der Waals surface area (Å²) in [7, 11) is 0. The van der Waals surface area contributed by atoms with Gasteiger partial charge < -0.3 is 10.4 Å². The number of aliphatic hydroxyl groups excluding tert-OH is 1. The predicted octanol–water partition coefficient (Wildman–Crippen LogP) is 3.26. The SMILES string of the molecule is O=C(NCCO)Nc1nccc2nc(-c3c(F)cccc3Cl)sc12. The lowest BCUT2D eigenvalue weighted by molar-refractivity contribution is 0.244. The van der Waals surface area contributed by atoms with Gasteiger partial charge in [-0.25, -0.2) is 19.2 Å². The van der Waals surface area contributed by atoms with E-state index in [1.54, 1.807) is 12.1 Å². The van der Waals surface area contributed by atoms with E-state index in [-0.39, 0.29) is 23.7 Å². The number of carbonyl (C=O) groups is 1. The first-order valence-corrected chi connectivity index (χ1v) is 8.15. The van der Waals surface area contributed by atoms with Crippen molar-refractivity contribution < 1.29 is 14.3 Å². The van der Waals surface area contributed by atoms with Crippen molar-refractivity contribution in [2.24, 2.45) is 0 Å². The van der Waals surface area contributed by atoms with Crippen LogP contribution < -0.4 is 10.6 Å². The average Bonchev–Trinajstić information content (AvgIpc) is 2.97. The highest BCUT2D eigenvalue weighted by atomic mass is 35.5. The molecule has 0 aliphatic rings. The monoisotopic (exact) mass is 366 g/mol. The van der Waals surface area contributed by atoms with Crippen molar-refractivity contribution >= 4 is 45.0 Å². The van der Waals surface area contributed by atoms with Gasteiger partial charge in [-0.05, 0) is 18.2 Å². The zero-order valence-corrected chi connectivity index (χ0v) is 13.8. The maximum atomic E-state index is 14.1. The van der Waals surface area contributed by atoms with Crippen LogP contribution in [0.4, 0.5) is 15.0 Å². The van der Waals surface area contributed by atoms with Gasteiger partial charge in [-0.2, -0.15) is 0 Å². The van der Waals surface area contributed by atoms with Gasteiger partial charge in [0.25, 0.3) is 0 Å². The van der Waals surface area contributed by atoms with Crippen LogP contribution in [0.3, 0.4) is 0 Å². The number of hydrogen-bond acceptors (Lipinski definition) is 5. The van der Waals surface area contributed by atoms with Gasteiger partial charge in [0.15, 0.2) is 5.82 Å². The standard InChI is InChI=1S/C15H12ClFN4O2S/c16-8-2-1-3-9(17)11(8)14-20-10-4-5-18-13(12(10)24-14)21-15(23)19-6-7-22/h1-5,22H,6-7H2,(H2,18,19,21,23). The number of fused-ring (bicyclic) bond motifs is 1. The Hall–Kier alpha value is -2.29. The molecule has 0 bridgehead atoms. The lowest BCUT2D eigenvalue weighted by Crippen LogP contribution is -2.31. The smallest absolute Gasteiger partial charge is 0.320 e. The first-order chi connectivity index (χ1) is 11.6. The summed E-state index contributed by atoms with van der Waals surface area (Å²) >= 11 is 7.26. The van der Waals surface area contributed by atoms with Crippen LogP contribution in [0.1, 0.15) is 0 Å². The molecule has 2 heterocycles. The topological polar surface area (TPSA) is 87.1 Å². The van der Waals surface area contributed by atoms with E-state index in [2.05, 4.69) is 20.6 Å². The van der Waals surface area contributed by atoms with Crippen LogP contribution in [0.25, 0.3) is 20.8 Å². The van der Waals surface area contributed by atoms with Gasteiger partial charge in [0.2, 0.25) is 0 Å². The van der Waals surface area contributed by atoms with E-state index in [4.69, 9.17) is 16.7 Å². The first-order valence-electron chi connectivity index (χ1n) is 6.96. The largest absolute Gasteiger partial charge is 0.395 e. The van der Waals surface area contributed by atoms with Crippen molar-refractivity contribution in [2.75, 3.05) is 18.5 Å². The van der Waals surface area contributed by atoms with Crippen molar-refractivity contribution in [1.29, 1.82) is 0 Å². The molecule has 1 aromatic carbocycles. The second-order valence-electron chi connectivity index (χ2n) is 4.73. The molecule has 0 unspecified atom stereocenters. The molecular formula is C15H12ClFN4O2S. The summed E-state index contributed by atoms with van der Waals surface area (Å²) in [6.07, 6.45) is 1.50. The number of amides is 2. The number of benzene rings is 1. The molecule has 0 aliphatic heterocycles. The number of halogens is 2. The van der Waals surface area contributed by atoms with Gasteiger partial charge in [0, 0.05) is 12.7 Å². The number of aliphatic hydroxyl groups is 1. The Morgan fingerprint density at radius 1 is 1.38 bits per heavy atom. The Balaban J connectivity index is 2.00. The molecule has 9 heteroatoms. The third-order valence-corrected chi connectivity index (χ3v) is 4.52. The summed E-state index contributed by atoms with van der Waals surface area (Å²) in [4.78, 5) is 20.2. The Kier molecular flexibility index (Phi) is 4.89. The highest BCUT2D eigenvalue weighted by Gasteiger charge is 2.17. The van der Waals surface area contributed by atoms with Crippen molar-refractivity contribution in [3.63, 3.8) is 0 Å². The zero-order chi connectivity index (χ0) is 17.1. The molecule has 0 spiro atoms. The third-order valence-electron chi connectivity index (χ3n) is 3.11. The summed E-state index contributed by atoms with van der Waals surface area (Å²) in [5, 5.41) is 14.4. The first kappa shape index (κ1) is 16.6. The second kappa shape index (κ2) is 7.08. The van der Waals surface area contributed by atoms with Gasteiger partial charge in [-0.1, -0.05) is 17.7 Å². The van der Waals surface area contributed by atoms with Crippen LogP contribution in [-0.2, 0) is 0 Å². The Morgan fingerprint density at radius 2 is 2.21 bits per heavy atom. The van der Waals surface area contributed by atoms with Gasteiger partial charge in [0.1, 0.15) is 10.8 Å². The number of carbonyl (C=O) groups excluding carboxylic acids is 1. The number of thiazole rings is 1. The van der Waals surface area contributed by atoms with Crippen LogP contribution >= 0.6 is 22.9 Å². The van der Waals surface area contributed by atoms with Gasteiger partial charge in [0.05, 0.1) is 27.4 Å². The molecule has 3 aromatic rings. The van der Waals surface area contributed by atoms with Gasteiger partial charge >= 0.3 is 6.03 Å². The number of nitrogens with one attached hydrogen (secondary N) is 2. The minimum absolute atomic E-state index is 0.126. The number of anilines is 1.